The van der Waals surface area contributed by atoms with Crippen molar-refractivity contribution in [3.8, 4) is 11.4 Å². The van der Waals surface area contributed by atoms with E-state index in [9.17, 15) is 0 Å². The fraction of sp³-hybridized carbons (Fsp3) is 0.286. The Labute approximate surface area is 148 Å². The Morgan fingerprint density at radius 3 is 2.68 bits per heavy atom. The van der Waals surface area contributed by atoms with E-state index in [2.05, 4.69) is 64.3 Å². The molecule has 0 amide bonds. The van der Waals surface area contributed by atoms with Crippen molar-refractivity contribution in [2.24, 2.45) is 0 Å². The zero-order chi connectivity index (χ0) is 17.2. The molecule has 2 heterocycles. The molecule has 0 radical (unpaired) electrons. The first-order valence-electron chi connectivity index (χ1n) is 8.79. The highest BCUT2D eigenvalue weighted by Gasteiger charge is 2.20. The summed E-state index contributed by atoms with van der Waals surface area (Å²) in [7, 11) is 0. The van der Waals surface area contributed by atoms with Crippen LogP contribution in [0.15, 0.2) is 54.9 Å². The number of aryl methyl sites for hydroxylation is 1. The third-order valence-electron chi connectivity index (χ3n) is 5.03. The van der Waals surface area contributed by atoms with Gasteiger partial charge in [-0.05, 0) is 56.2 Å². The lowest BCUT2D eigenvalue weighted by Gasteiger charge is -2.26. The van der Waals surface area contributed by atoms with Gasteiger partial charge in [0.1, 0.15) is 5.75 Å². The fourth-order valence-corrected chi connectivity index (χ4v) is 3.37. The molecule has 1 aliphatic heterocycles. The normalized spacial score (nSPS) is 16.2. The van der Waals surface area contributed by atoms with Crippen molar-refractivity contribution in [1.29, 1.82) is 0 Å². The van der Waals surface area contributed by atoms with Crippen LogP contribution in [0.1, 0.15) is 29.3 Å². The van der Waals surface area contributed by atoms with Gasteiger partial charge in [-0.1, -0.05) is 18.2 Å². The van der Waals surface area contributed by atoms with Gasteiger partial charge in [-0.25, -0.2) is 4.98 Å². The van der Waals surface area contributed by atoms with Gasteiger partial charge in [-0.3, -0.25) is 0 Å². The number of anilines is 1. The van der Waals surface area contributed by atoms with Gasteiger partial charge in [0.2, 0.25) is 0 Å². The van der Waals surface area contributed by atoms with Crippen LogP contribution in [-0.4, -0.2) is 22.7 Å². The van der Waals surface area contributed by atoms with E-state index in [-0.39, 0.29) is 0 Å². The van der Waals surface area contributed by atoms with Gasteiger partial charge >= 0.3 is 0 Å². The molecule has 0 bridgehead atoms. The Morgan fingerprint density at radius 2 is 1.92 bits per heavy atom. The summed E-state index contributed by atoms with van der Waals surface area (Å²) in [6, 6.07) is 16.9. The lowest BCUT2D eigenvalue weighted by atomic mass is 9.93. The number of hydrogen-bond donors (Lipinski definition) is 1. The summed E-state index contributed by atoms with van der Waals surface area (Å²) in [5.41, 5.74) is 5.84. The van der Waals surface area contributed by atoms with E-state index in [1.165, 1.54) is 11.3 Å². The molecule has 1 atom stereocenters. The quantitative estimate of drug-likeness (QED) is 0.766. The van der Waals surface area contributed by atoms with Crippen molar-refractivity contribution in [1.82, 2.24) is 9.55 Å². The molecule has 0 fully saturated rings. The second kappa shape index (κ2) is 6.63. The molecular formula is C21H23N3O. The van der Waals surface area contributed by atoms with Crippen LogP contribution in [0.5, 0.6) is 5.75 Å². The molecule has 1 aliphatic rings. The summed E-state index contributed by atoms with van der Waals surface area (Å²) in [4.78, 5) is 4.37. The maximum atomic E-state index is 5.75. The van der Waals surface area contributed by atoms with Crippen LogP contribution in [0.25, 0.3) is 5.69 Å². The number of nitrogens with zero attached hydrogens (tertiary/aromatic N) is 2. The topological polar surface area (TPSA) is 39.1 Å². The number of hydrogen-bond acceptors (Lipinski definition) is 3. The van der Waals surface area contributed by atoms with E-state index in [1.807, 2.05) is 19.3 Å². The van der Waals surface area contributed by atoms with Crippen LogP contribution in [0.3, 0.4) is 0 Å². The number of rotatable bonds is 4. The molecule has 0 aliphatic carbocycles. The average molecular weight is 333 g/mol. The number of nitrogens with one attached hydrogen (secondary N) is 1. The lowest BCUT2D eigenvalue weighted by molar-refractivity contribution is 0.270. The van der Waals surface area contributed by atoms with Gasteiger partial charge in [0.25, 0.3) is 0 Å². The first-order chi connectivity index (χ1) is 12.2. The van der Waals surface area contributed by atoms with Gasteiger partial charge in [0.05, 0.1) is 18.6 Å². The van der Waals surface area contributed by atoms with E-state index in [1.54, 1.807) is 0 Å². The standard InChI is InChI=1S/C21H23N3O/c1-15-16(2)24(14-23-15)19-9-7-18(8-10-19)22-13-17-11-12-25-21-6-4-3-5-20(17)21/h3-10,14,17,22H,11-13H2,1-2H3. The number of para-hydroxylation sites is 1. The van der Waals surface area contributed by atoms with E-state index in [0.717, 1.165) is 42.4 Å². The smallest absolute Gasteiger partial charge is 0.122 e. The molecule has 3 aromatic rings. The maximum Gasteiger partial charge on any atom is 0.122 e. The molecule has 128 valence electrons. The highest BCUT2D eigenvalue weighted by atomic mass is 16.5. The number of fused-ring (bicyclic) bond motifs is 1. The van der Waals surface area contributed by atoms with Crippen molar-refractivity contribution in [3.05, 3.63) is 71.8 Å². The Hall–Kier alpha value is -2.75. The first-order valence-corrected chi connectivity index (χ1v) is 8.79. The Kier molecular flexibility index (Phi) is 4.18. The van der Waals surface area contributed by atoms with Gasteiger partial charge in [0.15, 0.2) is 0 Å². The third-order valence-corrected chi connectivity index (χ3v) is 5.03. The molecule has 2 aromatic carbocycles. The van der Waals surface area contributed by atoms with Gasteiger partial charge < -0.3 is 14.6 Å². The molecule has 4 rings (SSSR count). The number of benzene rings is 2. The van der Waals surface area contributed by atoms with Crippen LogP contribution >= 0.6 is 0 Å². The largest absolute Gasteiger partial charge is 0.493 e. The molecular weight excluding hydrogens is 310 g/mol. The lowest BCUT2D eigenvalue weighted by Crippen LogP contribution is -2.20. The molecule has 25 heavy (non-hydrogen) atoms. The molecule has 1 aromatic heterocycles. The summed E-state index contributed by atoms with van der Waals surface area (Å²) >= 11 is 0. The van der Waals surface area contributed by atoms with Crippen LogP contribution in [0.2, 0.25) is 0 Å². The van der Waals surface area contributed by atoms with E-state index in [0.29, 0.717) is 5.92 Å². The van der Waals surface area contributed by atoms with Gasteiger partial charge in [-0.15, -0.1) is 0 Å². The van der Waals surface area contributed by atoms with Crippen molar-refractivity contribution in [3.63, 3.8) is 0 Å². The van der Waals surface area contributed by atoms with Crippen LogP contribution in [-0.2, 0) is 0 Å². The van der Waals surface area contributed by atoms with Crippen LogP contribution < -0.4 is 10.1 Å². The first kappa shape index (κ1) is 15.8. The Morgan fingerprint density at radius 1 is 1.12 bits per heavy atom. The highest BCUT2D eigenvalue weighted by molar-refractivity contribution is 5.50. The molecule has 1 N–H and O–H groups in total. The number of ether oxygens (including phenoxy) is 1. The Balaban J connectivity index is 1.45. The molecule has 4 nitrogen and oxygen atoms in total. The monoisotopic (exact) mass is 333 g/mol. The van der Waals surface area contributed by atoms with Crippen molar-refractivity contribution < 1.29 is 4.74 Å². The zero-order valence-corrected chi connectivity index (χ0v) is 14.7. The predicted octanol–water partition coefficient (Wildman–Crippen LogP) is 4.47. The highest BCUT2D eigenvalue weighted by Crippen LogP contribution is 2.33. The van der Waals surface area contributed by atoms with Crippen molar-refractivity contribution in [2.45, 2.75) is 26.2 Å². The zero-order valence-electron chi connectivity index (χ0n) is 14.7. The summed E-state index contributed by atoms with van der Waals surface area (Å²) in [6.07, 6.45) is 2.93. The third kappa shape index (κ3) is 3.12. The Bertz CT molecular complexity index is 867. The summed E-state index contributed by atoms with van der Waals surface area (Å²) in [5, 5.41) is 3.57. The molecule has 0 spiro atoms. The van der Waals surface area contributed by atoms with Crippen molar-refractivity contribution in [2.75, 3.05) is 18.5 Å². The minimum Gasteiger partial charge on any atom is -0.493 e. The molecule has 4 heteroatoms. The van der Waals surface area contributed by atoms with E-state index in [4.69, 9.17) is 4.74 Å². The van der Waals surface area contributed by atoms with Gasteiger partial charge in [-0.2, -0.15) is 0 Å². The van der Waals surface area contributed by atoms with Crippen molar-refractivity contribution >= 4 is 5.69 Å². The second-order valence-corrected chi connectivity index (χ2v) is 6.59. The summed E-state index contributed by atoms with van der Waals surface area (Å²) in [5.74, 6) is 1.52. The minimum absolute atomic E-state index is 0.489. The summed E-state index contributed by atoms with van der Waals surface area (Å²) < 4.78 is 7.87. The minimum atomic E-state index is 0.489. The maximum absolute atomic E-state index is 5.75. The van der Waals surface area contributed by atoms with E-state index >= 15 is 0 Å². The number of aromatic nitrogens is 2. The summed E-state index contributed by atoms with van der Waals surface area (Å²) in [6.45, 7) is 5.84. The number of imidazole rings is 1. The predicted molar refractivity (Wildman–Crippen MR) is 101 cm³/mol. The molecule has 1 unspecified atom stereocenters. The molecule has 0 saturated carbocycles. The van der Waals surface area contributed by atoms with E-state index < -0.39 is 0 Å². The fourth-order valence-electron chi connectivity index (χ4n) is 3.37. The van der Waals surface area contributed by atoms with Gasteiger partial charge in [0, 0.05) is 29.5 Å². The van der Waals surface area contributed by atoms with Crippen LogP contribution in [0.4, 0.5) is 5.69 Å². The van der Waals surface area contributed by atoms with Crippen LogP contribution in [0, 0.1) is 13.8 Å². The molecule has 0 saturated heterocycles. The second-order valence-electron chi connectivity index (χ2n) is 6.59. The SMILES string of the molecule is Cc1ncn(-c2ccc(NCC3CCOc4ccccc43)cc2)c1C. The average Bonchev–Trinajstić information content (AvgIpc) is 2.99.